The number of carboxylic acids is 1. The van der Waals surface area contributed by atoms with E-state index in [9.17, 15) is 14.3 Å². The number of fused-ring (bicyclic) bond motifs is 1. The van der Waals surface area contributed by atoms with Crippen molar-refractivity contribution >= 4 is 23.0 Å². The average Bonchev–Trinajstić information content (AvgIpc) is 2.95. The van der Waals surface area contributed by atoms with E-state index in [1.54, 1.807) is 28.6 Å². The summed E-state index contributed by atoms with van der Waals surface area (Å²) in [5.74, 6) is -0.722. The van der Waals surface area contributed by atoms with Crippen molar-refractivity contribution in [3.63, 3.8) is 0 Å². The monoisotopic (exact) mass is 263 g/mol. The second-order valence-electron chi connectivity index (χ2n) is 4.77. The number of hydrogen-bond donors (Lipinski definition) is 1. The number of benzene rings is 1. The van der Waals surface area contributed by atoms with Crippen molar-refractivity contribution in [2.24, 2.45) is 7.05 Å². The molecule has 19 heavy (non-hydrogen) atoms. The minimum atomic E-state index is -0.856. The first kappa shape index (κ1) is 12.0. The van der Waals surface area contributed by atoms with Crippen LogP contribution in [0.5, 0.6) is 0 Å². The van der Waals surface area contributed by atoms with Crippen LogP contribution >= 0.6 is 0 Å². The molecule has 100 valence electrons. The molecule has 5 nitrogen and oxygen atoms in total. The summed E-state index contributed by atoms with van der Waals surface area (Å²) >= 11 is 0. The van der Waals surface area contributed by atoms with Crippen molar-refractivity contribution < 1.29 is 14.3 Å². The van der Waals surface area contributed by atoms with Crippen LogP contribution in [0.25, 0.3) is 11.0 Å². The number of hydrogen-bond acceptors (Lipinski definition) is 3. The molecule has 1 aliphatic heterocycles. The Labute approximate surface area is 109 Å². The lowest BCUT2D eigenvalue weighted by Crippen LogP contribution is -2.37. The summed E-state index contributed by atoms with van der Waals surface area (Å²) in [6.45, 7) is 0.635. The van der Waals surface area contributed by atoms with Crippen molar-refractivity contribution in [1.82, 2.24) is 9.55 Å². The van der Waals surface area contributed by atoms with Gasteiger partial charge in [-0.1, -0.05) is 6.07 Å². The summed E-state index contributed by atoms with van der Waals surface area (Å²) in [5, 5.41) is 9.21. The van der Waals surface area contributed by atoms with Crippen LogP contribution in [0, 0.1) is 5.82 Å². The Morgan fingerprint density at radius 1 is 1.53 bits per heavy atom. The maximum Gasteiger partial charge on any atom is 0.326 e. The second kappa shape index (κ2) is 4.22. The molecule has 0 radical (unpaired) electrons. The predicted octanol–water partition coefficient (Wildman–Crippen LogP) is 1.77. The van der Waals surface area contributed by atoms with Crippen LogP contribution in [-0.2, 0) is 11.8 Å². The standard InChI is InChI=1S/C13H14FN3O2/c1-16-9-5-2-4-8(14)11(9)15-13(16)17-7-3-6-10(17)12(18)19/h2,4-5,10H,3,6-7H2,1H3,(H,18,19)/t10-/m1/s1. The van der Waals surface area contributed by atoms with E-state index in [4.69, 9.17) is 0 Å². The summed E-state index contributed by atoms with van der Waals surface area (Å²) in [6.07, 6.45) is 1.41. The molecule has 1 atom stereocenters. The normalized spacial score (nSPS) is 19.3. The largest absolute Gasteiger partial charge is 0.480 e. The van der Waals surface area contributed by atoms with Crippen LogP contribution in [-0.4, -0.2) is 33.2 Å². The van der Waals surface area contributed by atoms with Gasteiger partial charge in [-0.25, -0.2) is 14.2 Å². The number of para-hydroxylation sites is 1. The highest BCUT2D eigenvalue weighted by Gasteiger charge is 2.33. The van der Waals surface area contributed by atoms with Gasteiger partial charge in [0.15, 0.2) is 5.82 Å². The molecule has 0 spiro atoms. The summed E-state index contributed by atoms with van der Waals surface area (Å²) in [5.41, 5.74) is 0.960. The van der Waals surface area contributed by atoms with E-state index < -0.39 is 12.0 Å². The van der Waals surface area contributed by atoms with Gasteiger partial charge >= 0.3 is 5.97 Å². The van der Waals surface area contributed by atoms with Gasteiger partial charge in [-0.2, -0.15) is 0 Å². The molecule has 3 rings (SSSR count). The molecular formula is C13H14FN3O2. The predicted molar refractivity (Wildman–Crippen MR) is 68.7 cm³/mol. The van der Waals surface area contributed by atoms with E-state index in [-0.39, 0.29) is 11.3 Å². The maximum absolute atomic E-state index is 13.7. The molecule has 1 aliphatic rings. The zero-order chi connectivity index (χ0) is 13.6. The Morgan fingerprint density at radius 3 is 3.00 bits per heavy atom. The summed E-state index contributed by atoms with van der Waals surface area (Å²) < 4.78 is 15.5. The Bertz CT molecular complexity index is 653. The molecule has 1 aromatic heterocycles. The highest BCUT2D eigenvalue weighted by atomic mass is 19.1. The first-order valence-electron chi connectivity index (χ1n) is 6.20. The van der Waals surface area contributed by atoms with Crippen molar-refractivity contribution in [3.05, 3.63) is 24.0 Å². The Morgan fingerprint density at radius 2 is 2.32 bits per heavy atom. The number of aliphatic carboxylic acids is 1. The minimum Gasteiger partial charge on any atom is -0.480 e. The van der Waals surface area contributed by atoms with E-state index in [0.29, 0.717) is 24.4 Å². The maximum atomic E-state index is 13.7. The lowest BCUT2D eigenvalue weighted by atomic mass is 10.2. The van der Waals surface area contributed by atoms with Crippen molar-refractivity contribution in [2.45, 2.75) is 18.9 Å². The highest BCUT2D eigenvalue weighted by Crippen LogP contribution is 2.28. The van der Waals surface area contributed by atoms with Gasteiger partial charge in [-0.15, -0.1) is 0 Å². The van der Waals surface area contributed by atoms with Gasteiger partial charge in [0.1, 0.15) is 11.6 Å². The van der Waals surface area contributed by atoms with Gasteiger partial charge in [0.05, 0.1) is 5.52 Å². The number of carboxylic acid groups (broad SMARTS) is 1. The molecule has 2 aromatic rings. The van der Waals surface area contributed by atoms with Crippen LogP contribution in [0.3, 0.4) is 0 Å². The number of aryl methyl sites for hydroxylation is 1. The van der Waals surface area contributed by atoms with E-state index in [2.05, 4.69) is 4.98 Å². The van der Waals surface area contributed by atoms with Crippen molar-refractivity contribution in [3.8, 4) is 0 Å². The molecule has 0 saturated carbocycles. The SMILES string of the molecule is Cn1c(N2CCC[C@@H]2C(=O)O)nc2c(F)cccc21. The number of anilines is 1. The topological polar surface area (TPSA) is 58.4 Å². The number of rotatable bonds is 2. The molecule has 2 heterocycles. The van der Waals surface area contributed by atoms with Crippen LogP contribution in [0.15, 0.2) is 18.2 Å². The minimum absolute atomic E-state index is 0.288. The number of aromatic nitrogens is 2. The lowest BCUT2D eigenvalue weighted by molar-refractivity contribution is -0.138. The Kier molecular flexibility index (Phi) is 2.66. The number of carbonyl (C=O) groups is 1. The van der Waals surface area contributed by atoms with Gasteiger partial charge in [-0.05, 0) is 25.0 Å². The second-order valence-corrected chi connectivity index (χ2v) is 4.77. The highest BCUT2D eigenvalue weighted by molar-refractivity contribution is 5.82. The molecule has 1 aromatic carbocycles. The van der Waals surface area contributed by atoms with E-state index >= 15 is 0 Å². The Hall–Kier alpha value is -2.11. The third-order valence-corrected chi connectivity index (χ3v) is 3.63. The van der Waals surface area contributed by atoms with Crippen LogP contribution in [0.4, 0.5) is 10.3 Å². The van der Waals surface area contributed by atoms with Crippen LogP contribution in [0.1, 0.15) is 12.8 Å². The lowest BCUT2D eigenvalue weighted by Gasteiger charge is -2.22. The molecule has 1 N–H and O–H groups in total. The zero-order valence-electron chi connectivity index (χ0n) is 10.5. The van der Waals surface area contributed by atoms with E-state index in [0.717, 1.165) is 6.42 Å². The van der Waals surface area contributed by atoms with E-state index in [1.807, 2.05) is 0 Å². The zero-order valence-corrected chi connectivity index (χ0v) is 10.5. The molecule has 6 heteroatoms. The third-order valence-electron chi connectivity index (χ3n) is 3.63. The summed E-state index contributed by atoms with van der Waals surface area (Å²) in [7, 11) is 1.78. The molecule has 1 saturated heterocycles. The molecule has 0 aliphatic carbocycles. The molecular weight excluding hydrogens is 249 g/mol. The van der Waals surface area contributed by atoms with Crippen molar-refractivity contribution in [2.75, 3.05) is 11.4 Å². The first-order valence-corrected chi connectivity index (χ1v) is 6.20. The summed E-state index contributed by atoms with van der Waals surface area (Å²) in [4.78, 5) is 17.2. The van der Waals surface area contributed by atoms with Crippen molar-refractivity contribution in [1.29, 1.82) is 0 Å². The van der Waals surface area contributed by atoms with Gasteiger partial charge in [0, 0.05) is 13.6 Å². The number of halogens is 1. The number of nitrogens with zero attached hydrogens (tertiary/aromatic N) is 3. The van der Waals surface area contributed by atoms with Crippen LogP contribution in [0.2, 0.25) is 0 Å². The molecule has 1 fully saturated rings. The summed E-state index contributed by atoms with van der Waals surface area (Å²) in [6, 6.07) is 4.19. The fraction of sp³-hybridized carbons (Fsp3) is 0.385. The quantitative estimate of drug-likeness (QED) is 0.897. The van der Waals surface area contributed by atoms with Gasteiger partial charge in [0.2, 0.25) is 5.95 Å². The van der Waals surface area contributed by atoms with Gasteiger partial charge in [0.25, 0.3) is 0 Å². The fourth-order valence-corrected chi connectivity index (χ4v) is 2.69. The molecule has 0 amide bonds. The first-order chi connectivity index (χ1) is 9.09. The van der Waals surface area contributed by atoms with Gasteiger partial charge in [-0.3, -0.25) is 0 Å². The average molecular weight is 263 g/mol. The molecule has 0 bridgehead atoms. The molecule has 0 unspecified atom stereocenters. The van der Waals surface area contributed by atoms with E-state index in [1.165, 1.54) is 6.07 Å². The number of imidazole rings is 1. The fourth-order valence-electron chi connectivity index (χ4n) is 2.69. The Balaban J connectivity index is 2.13. The third kappa shape index (κ3) is 1.75. The van der Waals surface area contributed by atoms with Gasteiger partial charge < -0.3 is 14.6 Å². The smallest absolute Gasteiger partial charge is 0.326 e. The van der Waals surface area contributed by atoms with Crippen LogP contribution < -0.4 is 4.90 Å².